The summed E-state index contributed by atoms with van der Waals surface area (Å²) < 4.78 is 0. The molecule has 4 heterocycles. The zero-order valence-corrected chi connectivity index (χ0v) is 19.1. The van der Waals surface area contributed by atoms with Crippen LogP contribution in [0.1, 0.15) is 16.3 Å². The second-order valence-electron chi connectivity index (χ2n) is 7.64. The molecule has 1 saturated heterocycles. The molecule has 33 heavy (non-hydrogen) atoms. The van der Waals surface area contributed by atoms with Gasteiger partial charge in [-0.2, -0.15) is 15.0 Å². The molecule has 4 aromatic rings. The second kappa shape index (κ2) is 9.74. The minimum absolute atomic E-state index is 0.499. The average Bonchev–Trinajstić information content (AvgIpc) is 3.28. The maximum atomic E-state index is 4.75. The lowest BCUT2D eigenvalue weighted by Crippen LogP contribution is -2.47. The van der Waals surface area contributed by atoms with Crippen molar-refractivity contribution in [2.24, 2.45) is 0 Å². The largest absolute Gasteiger partial charge is 0.368 e. The number of nitrogens with zero attached hydrogens (tertiary/aromatic N) is 7. The lowest BCUT2D eigenvalue weighted by atomic mass is 10.2. The van der Waals surface area contributed by atoms with E-state index in [-0.39, 0.29) is 0 Å². The molecule has 1 aliphatic rings. The number of anilines is 4. The summed E-state index contributed by atoms with van der Waals surface area (Å²) >= 11 is 1.57. The highest BCUT2D eigenvalue weighted by atomic mass is 32.1. The normalized spacial score (nSPS) is 14.1. The number of piperazine rings is 1. The number of aromatic nitrogens is 5. The van der Waals surface area contributed by atoms with Gasteiger partial charge in [0.15, 0.2) is 11.0 Å². The summed E-state index contributed by atoms with van der Waals surface area (Å²) in [6.45, 7) is 5.45. The number of thiazole rings is 1. The van der Waals surface area contributed by atoms with E-state index >= 15 is 0 Å². The van der Waals surface area contributed by atoms with Crippen LogP contribution < -0.4 is 15.1 Å². The molecule has 0 amide bonds. The molecule has 0 atom stereocenters. The van der Waals surface area contributed by atoms with Crippen molar-refractivity contribution in [1.29, 1.82) is 0 Å². The van der Waals surface area contributed by atoms with Crippen molar-refractivity contribution >= 4 is 46.2 Å². The minimum Gasteiger partial charge on any atom is -0.368 e. The summed E-state index contributed by atoms with van der Waals surface area (Å²) in [5, 5.41) is 4.01. The third-order valence-corrected chi connectivity index (χ3v) is 6.12. The molecular formula is C24H24N8S. The van der Waals surface area contributed by atoms with Crippen LogP contribution in [0.4, 0.5) is 22.7 Å². The van der Waals surface area contributed by atoms with E-state index < -0.39 is 0 Å². The van der Waals surface area contributed by atoms with Crippen LogP contribution in [0.25, 0.3) is 12.2 Å². The molecule has 1 aliphatic heterocycles. The monoisotopic (exact) mass is 456 g/mol. The van der Waals surface area contributed by atoms with Crippen LogP contribution >= 0.6 is 11.3 Å². The van der Waals surface area contributed by atoms with Gasteiger partial charge in [-0.25, -0.2) is 4.98 Å². The molecule has 5 rings (SSSR count). The highest BCUT2D eigenvalue weighted by molar-refractivity contribution is 7.15. The Morgan fingerprint density at radius 3 is 2.36 bits per heavy atom. The molecule has 8 nitrogen and oxygen atoms in total. The predicted octanol–water partition coefficient (Wildman–Crippen LogP) is 4.27. The molecule has 0 spiro atoms. The van der Waals surface area contributed by atoms with Crippen molar-refractivity contribution in [3.05, 3.63) is 77.3 Å². The van der Waals surface area contributed by atoms with Crippen molar-refractivity contribution in [1.82, 2.24) is 24.9 Å². The zero-order chi connectivity index (χ0) is 22.5. The SMILES string of the molecule is Cc1cnc(Nc2nc(C=Cc3ccccc3)nc(N3CCN(c4ccncc4)CC3)n2)s1. The molecule has 1 N–H and O–H groups in total. The fourth-order valence-electron chi connectivity index (χ4n) is 3.62. The Bertz CT molecular complexity index is 1220. The fourth-order valence-corrected chi connectivity index (χ4v) is 4.27. The summed E-state index contributed by atoms with van der Waals surface area (Å²) in [5.74, 6) is 1.78. The summed E-state index contributed by atoms with van der Waals surface area (Å²) in [5.41, 5.74) is 2.28. The first-order valence-corrected chi connectivity index (χ1v) is 11.6. The van der Waals surface area contributed by atoms with Gasteiger partial charge in [0.2, 0.25) is 11.9 Å². The quantitative estimate of drug-likeness (QED) is 0.461. The van der Waals surface area contributed by atoms with Crippen LogP contribution in [0.3, 0.4) is 0 Å². The maximum Gasteiger partial charge on any atom is 0.234 e. The van der Waals surface area contributed by atoms with E-state index in [0.717, 1.165) is 41.8 Å². The molecule has 0 bridgehead atoms. The van der Waals surface area contributed by atoms with E-state index in [1.54, 1.807) is 11.3 Å². The molecular weight excluding hydrogens is 432 g/mol. The van der Waals surface area contributed by atoms with Gasteiger partial charge in [0.1, 0.15) is 0 Å². The summed E-state index contributed by atoms with van der Waals surface area (Å²) in [4.78, 5) is 28.3. The minimum atomic E-state index is 0.499. The van der Waals surface area contributed by atoms with Gasteiger partial charge >= 0.3 is 0 Å². The lowest BCUT2D eigenvalue weighted by molar-refractivity contribution is 0.638. The van der Waals surface area contributed by atoms with Crippen LogP contribution in [-0.4, -0.2) is 51.1 Å². The first-order valence-electron chi connectivity index (χ1n) is 10.8. The van der Waals surface area contributed by atoms with Crippen LogP contribution in [-0.2, 0) is 0 Å². The van der Waals surface area contributed by atoms with Crippen molar-refractivity contribution < 1.29 is 0 Å². The fraction of sp³-hybridized carbons (Fsp3) is 0.208. The number of aryl methyl sites for hydroxylation is 1. The topological polar surface area (TPSA) is 83.0 Å². The van der Waals surface area contributed by atoms with Crippen molar-refractivity contribution in [3.63, 3.8) is 0 Å². The van der Waals surface area contributed by atoms with Gasteiger partial charge < -0.3 is 9.80 Å². The van der Waals surface area contributed by atoms with Crippen LogP contribution in [0.5, 0.6) is 0 Å². The van der Waals surface area contributed by atoms with E-state index in [1.807, 2.05) is 68.0 Å². The molecule has 9 heteroatoms. The van der Waals surface area contributed by atoms with Crippen LogP contribution in [0.2, 0.25) is 0 Å². The summed E-state index contributed by atoms with van der Waals surface area (Å²) in [6, 6.07) is 14.2. The Morgan fingerprint density at radius 1 is 0.879 bits per heavy atom. The van der Waals surface area contributed by atoms with Crippen molar-refractivity contribution in [2.45, 2.75) is 6.92 Å². The molecule has 1 fully saturated rings. The molecule has 166 valence electrons. The van der Waals surface area contributed by atoms with Crippen molar-refractivity contribution in [3.8, 4) is 0 Å². The van der Waals surface area contributed by atoms with Gasteiger partial charge in [-0.1, -0.05) is 36.4 Å². The third kappa shape index (κ3) is 5.32. The van der Waals surface area contributed by atoms with E-state index in [2.05, 4.69) is 42.2 Å². The number of hydrogen-bond acceptors (Lipinski definition) is 9. The Morgan fingerprint density at radius 2 is 1.64 bits per heavy atom. The number of hydrogen-bond donors (Lipinski definition) is 1. The van der Waals surface area contributed by atoms with E-state index in [1.165, 1.54) is 5.69 Å². The number of pyridine rings is 1. The Balaban J connectivity index is 1.38. The van der Waals surface area contributed by atoms with E-state index in [0.29, 0.717) is 17.7 Å². The number of rotatable bonds is 6. The average molecular weight is 457 g/mol. The maximum absolute atomic E-state index is 4.75. The van der Waals surface area contributed by atoms with Crippen LogP contribution in [0, 0.1) is 6.92 Å². The van der Waals surface area contributed by atoms with Gasteiger partial charge in [0, 0.05) is 55.3 Å². The van der Waals surface area contributed by atoms with Gasteiger partial charge in [-0.15, -0.1) is 11.3 Å². The summed E-state index contributed by atoms with van der Waals surface area (Å²) in [6.07, 6.45) is 9.43. The predicted molar refractivity (Wildman–Crippen MR) is 134 cm³/mol. The second-order valence-corrected chi connectivity index (χ2v) is 8.88. The zero-order valence-electron chi connectivity index (χ0n) is 18.3. The van der Waals surface area contributed by atoms with Gasteiger partial charge in [-0.3, -0.25) is 10.3 Å². The molecule has 0 aliphatic carbocycles. The van der Waals surface area contributed by atoms with E-state index in [9.17, 15) is 0 Å². The first kappa shape index (κ1) is 21.0. The highest BCUT2D eigenvalue weighted by Gasteiger charge is 2.20. The van der Waals surface area contributed by atoms with Crippen molar-refractivity contribution in [2.75, 3.05) is 41.3 Å². The molecule has 0 unspecified atom stereocenters. The van der Waals surface area contributed by atoms with Crippen LogP contribution in [0.15, 0.2) is 61.1 Å². The number of nitrogens with one attached hydrogen (secondary N) is 1. The standard InChI is InChI=1S/C24H24N8S/c1-18-17-26-24(33-18)30-22-27-21(8-7-19-5-3-2-4-6-19)28-23(29-22)32-15-13-31(14-16-32)20-9-11-25-12-10-20/h2-12,17H,13-16H2,1H3,(H,26,27,28,29,30). The van der Waals surface area contributed by atoms with Gasteiger partial charge in [0.05, 0.1) is 0 Å². The highest BCUT2D eigenvalue weighted by Crippen LogP contribution is 2.23. The summed E-state index contributed by atoms with van der Waals surface area (Å²) in [7, 11) is 0. The van der Waals surface area contributed by atoms with Gasteiger partial charge in [-0.05, 0) is 30.7 Å². The molecule has 3 aromatic heterocycles. The number of benzene rings is 1. The molecule has 1 aromatic carbocycles. The Kier molecular flexibility index (Phi) is 6.21. The van der Waals surface area contributed by atoms with Gasteiger partial charge in [0.25, 0.3) is 0 Å². The lowest BCUT2D eigenvalue weighted by Gasteiger charge is -2.36. The Hall–Kier alpha value is -3.85. The smallest absolute Gasteiger partial charge is 0.234 e. The Labute approximate surface area is 196 Å². The first-order chi connectivity index (χ1) is 16.2. The molecule has 0 radical (unpaired) electrons. The molecule has 0 saturated carbocycles. The van der Waals surface area contributed by atoms with E-state index in [4.69, 9.17) is 9.97 Å². The third-order valence-electron chi connectivity index (χ3n) is 5.30.